The Morgan fingerprint density at radius 1 is 1.11 bits per heavy atom. The highest BCUT2D eigenvalue weighted by molar-refractivity contribution is 5.85. The maximum Gasteiger partial charge on any atom is 0.303 e. The van der Waals surface area contributed by atoms with E-state index in [-0.39, 0.29) is 29.8 Å². The lowest BCUT2D eigenvalue weighted by atomic mass is 9.47. The van der Waals surface area contributed by atoms with Crippen molar-refractivity contribution < 1.29 is 19.8 Å². The molecule has 0 aromatic rings. The van der Waals surface area contributed by atoms with Gasteiger partial charge < -0.3 is 10.2 Å². The predicted molar refractivity (Wildman–Crippen MR) is 103 cm³/mol. The van der Waals surface area contributed by atoms with Crippen molar-refractivity contribution in [3.8, 4) is 0 Å². The van der Waals surface area contributed by atoms with E-state index in [1.165, 1.54) is 0 Å². The van der Waals surface area contributed by atoms with Crippen LogP contribution in [-0.2, 0) is 9.59 Å². The number of aliphatic carboxylic acids is 1. The van der Waals surface area contributed by atoms with Crippen LogP contribution in [0.25, 0.3) is 0 Å². The molecular formula is C23H36O4. The summed E-state index contributed by atoms with van der Waals surface area (Å²) in [4.78, 5) is 24.7. The quantitative estimate of drug-likeness (QED) is 0.767. The maximum absolute atomic E-state index is 13.6. The normalized spacial score (nSPS) is 49.2. The van der Waals surface area contributed by atoms with E-state index in [9.17, 15) is 14.7 Å². The number of hydrogen-bond acceptors (Lipinski definition) is 3. The van der Waals surface area contributed by atoms with E-state index in [0.29, 0.717) is 35.4 Å². The minimum atomic E-state index is -0.695. The first kappa shape index (κ1) is 19.4. The van der Waals surface area contributed by atoms with E-state index in [1.54, 1.807) is 0 Å². The lowest BCUT2D eigenvalue weighted by Crippen LogP contribution is -2.56. The molecule has 4 aliphatic carbocycles. The zero-order chi connectivity index (χ0) is 19.3. The van der Waals surface area contributed by atoms with Gasteiger partial charge in [0.1, 0.15) is 5.78 Å². The summed E-state index contributed by atoms with van der Waals surface area (Å²) in [5.41, 5.74) is 0.144. The Hall–Kier alpha value is -0.900. The fourth-order valence-electron chi connectivity index (χ4n) is 8.10. The fourth-order valence-corrected chi connectivity index (χ4v) is 8.10. The number of hydrogen-bond donors (Lipinski definition) is 2. The Labute approximate surface area is 163 Å². The molecular weight excluding hydrogens is 340 g/mol. The number of aliphatic hydroxyl groups is 1. The summed E-state index contributed by atoms with van der Waals surface area (Å²) in [6, 6.07) is 0. The minimum absolute atomic E-state index is 0.131. The average molecular weight is 377 g/mol. The molecule has 27 heavy (non-hydrogen) atoms. The Bertz CT molecular complexity index is 601. The van der Waals surface area contributed by atoms with Crippen molar-refractivity contribution in [2.45, 2.75) is 84.2 Å². The molecule has 0 aromatic heterocycles. The number of aliphatic hydroxyl groups excluding tert-OH is 1. The number of carbonyl (C=O) groups excluding carboxylic acids is 1. The van der Waals surface area contributed by atoms with E-state index in [1.807, 2.05) is 0 Å². The Kier molecular flexibility index (Phi) is 5.15. The van der Waals surface area contributed by atoms with Crippen LogP contribution >= 0.6 is 0 Å². The van der Waals surface area contributed by atoms with Gasteiger partial charge in [-0.3, -0.25) is 9.59 Å². The van der Waals surface area contributed by atoms with E-state index < -0.39 is 5.97 Å². The van der Waals surface area contributed by atoms with Gasteiger partial charge in [-0.15, -0.1) is 0 Å². The lowest BCUT2D eigenvalue weighted by Gasteiger charge is -2.57. The van der Waals surface area contributed by atoms with Gasteiger partial charge in [0, 0.05) is 18.3 Å². The minimum Gasteiger partial charge on any atom is -0.481 e. The van der Waals surface area contributed by atoms with Crippen LogP contribution in [0.4, 0.5) is 0 Å². The monoisotopic (exact) mass is 376 g/mol. The van der Waals surface area contributed by atoms with E-state index in [2.05, 4.69) is 13.8 Å². The second-order valence-electron chi connectivity index (χ2n) is 10.3. The number of carboxylic acid groups (broad SMARTS) is 1. The van der Waals surface area contributed by atoms with Gasteiger partial charge in [-0.25, -0.2) is 0 Å². The summed E-state index contributed by atoms with van der Waals surface area (Å²) >= 11 is 0. The Morgan fingerprint density at radius 3 is 2.59 bits per heavy atom. The molecule has 152 valence electrons. The fraction of sp³-hybridized carbons (Fsp3) is 0.913. The third kappa shape index (κ3) is 3.07. The van der Waals surface area contributed by atoms with Crippen LogP contribution in [0, 0.1) is 46.8 Å². The zero-order valence-electron chi connectivity index (χ0n) is 16.9. The number of carboxylic acids is 1. The number of Topliss-reactive ketones (excluding diaryl/α,β-unsaturated/α-hetero) is 1. The van der Waals surface area contributed by atoms with Crippen molar-refractivity contribution in [2.24, 2.45) is 46.8 Å². The predicted octanol–water partition coefficient (Wildman–Crippen LogP) is 4.30. The second kappa shape index (κ2) is 7.17. The second-order valence-corrected chi connectivity index (χ2v) is 10.3. The highest BCUT2D eigenvalue weighted by Crippen LogP contribution is 2.65. The Balaban J connectivity index is 1.60. The Morgan fingerprint density at radius 2 is 1.89 bits per heavy atom. The summed E-state index contributed by atoms with van der Waals surface area (Å²) in [5, 5.41) is 19.3. The highest BCUT2D eigenvalue weighted by atomic mass is 16.4. The van der Waals surface area contributed by atoms with Gasteiger partial charge in [0.15, 0.2) is 0 Å². The third-order valence-corrected chi connectivity index (χ3v) is 9.35. The van der Waals surface area contributed by atoms with Gasteiger partial charge in [-0.2, -0.15) is 0 Å². The summed E-state index contributed by atoms with van der Waals surface area (Å²) in [6.45, 7) is 4.51. The van der Waals surface area contributed by atoms with Crippen molar-refractivity contribution in [3.05, 3.63) is 0 Å². The topological polar surface area (TPSA) is 74.6 Å². The van der Waals surface area contributed by atoms with Gasteiger partial charge in [-0.05, 0) is 92.8 Å². The van der Waals surface area contributed by atoms with E-state index >= 15 is 0 Å². The first-order valence-electron chi connectivity index (χ1n) is 11.3. The maximum atomic E-state index is 13.6. The summed E-state index contributed by atoms with van der Waals surface area (Å²) in [5.74, 6) is 2.54. The molecule has 0 radical (unpaired) electrons. The van der Waals surface area contributed by atoms with Crippen LogP contribution in [-0.4, -0.2) is 28.1 Å². The number of fused-ring (bicyclic) bond motifs is 5. The molecule has 0 saturated heterocycles. The van der Waals surface area contributed by atoms with Crippen LogP contribution in [0.1, 0.15) is 78.1 Å². The van der Waals surface area contributed by atoms with Gasteiger partial charge in [0.25, 0.3) is 0 Å². The number of rotatable bonds is 4. The molecule has 4 heteroatoms. The molecule has 0 aliphatic heterocycles. The van der Waals surface area contributed by atoms with Gasteiger partial charge in [0.2, 0.25) is 0 Å². The summed E-state index contributed by atoms with van der Waals surface area (Å²) in [7, 11) is 0. The van der Waals surface area contributed by atoms with Crippen molar-refractivity contribution in [1.29, 1.82) is 0 Å². The largest absolute Gasteiger partial charge is 0.481 e. The molecule has 4 saturated carbocycles. The average Bonchev–Trinajstić information content (AvgIpc) is 2.96. The molecule has 4 nitrogen and oxygen atoms in total. The molecule has 2 N–H and O–H groups in total. The van der Waals surface area contributed by atoms with Crippen LogP contribution < -0.4 is 0 Å². The first-order chi connectivity index (χ1) is 12.9. The molecule has 0 heterocycles. The van der Waals surface area contributed by atoms with Crippen molar-refractivity contribution in [2.75, 3.05) is 0 Å². The van der Waals surface area contributed by atoms with Gasteiger partial charge in [-0.1, -0.05) is 13.8 Å². The van der Waals surface area contributed by atoms with E-state index in [0.717, 1.165) is 57.8 Å². The van der Waals surface area contributed by atoms with Crippen molar-refractivity contribution in [1.82, 2.24) is 0 Å². The van der Waals surface area contributed by atoms with Crippen LogP contribution in [0.3, 0.4) is 0 Å². The third-order valence-electron chi connectivity index (χ3n) is 9.35. The standard InChI is InChI=1S/C23H36O4/c1-3-15-18-12-14(24)6-7-16(18)17-10-11-23(2)13(5-9-20(25)26)4-8-19(23)21(17)22(15)27/h13-19,21,24H,3-12H2,1-2H3,(H,25,26)/t13-,14-,15-,16?,17-,18?,19?,21?,23?/m1/s1. The summed E-state index contributed by atoms with van der Waals surface area (Å²) < 4.78 is 0. The zero-order valence-corrected chi connectivity index (χ0v) is 16.9. The van der Waals surface area contributed by atoms with Crippen LogP contribution in [0.2, 0.25) is 0 Å². The molecule has 0 aromatic carbocycles. The number of carbonyl (C=O) groups is 2. The molecule has 0 amide bonds. The molecule has 4 rings (SSSR count). The highest BCUT2D eigenvalue weighted by Gasteiger charge is 2.61. The molecule has 0 spiro atoms. The van der Waals surface area contributed by atoms with E-state index in [4.69, 9.17) is 5.11 Å². The molecule has 9 atom stereocenters. The smallest absolute Gasteiger partial charge is 0.303 e. The molecule has 4 aliphatic rings. The lowest BCUT2D eigenvalue weighted by molar-refractivity contribution is -0.156. The summed E-state index contributed by atoms with van der Waals surface area (Å²) in [6.07, 6.45) is 8.99. The molecule has 5 unspecified atom stereocenters. The molecule has 4 fully saturated rings. The van der Waals surface area contributed by atoms with Crippen molar-refractivity contribution >= 4 is 11.8 Å². The molecule has 0 bridgehead atoms. The van der Waals surface area contributed by atoms with Crippen molar-refractivity contribution in [3.63, 3.8) is 0 Å². The van der Waals surface area contributed by atoms with Gasteiger partial charge in [0.05, 0.1) is 6.10 Å². The van der Waals surface area contributed by atoms with Crippen LogP contribution in [0.15, 0.2) is 0 Å². The van der Waals surface area contributed by atoms with Gasteiger partial charge >= 0.3 is 5.97 Å². The first-order valence-corrected chi connectivity index (χ1v) is 11.3. The SMILES string of the molecule is CC[C@H]1C(=O)C2C3CC[C@H](CCC(=O)O)C3(C)CC[C@@H]2C2CC[C@@H](O)CC21. The number of ketones is 1. The van der Waals surface area contributed by atoms with Crippen LogP contribution in [0.5, 0.6) is 0 Å².